The van der Waals surface area contributed by atoms with Gasteiger partial charge in [-0.1, -0.05) is 22.0 Å². The fourth-order valence-corrected chi connectivity index (χ4v) is 3.55. The van der Waals surface area contributed by atoms with Crippen LogP contribution < -0.4 is 9.64 Å². The zero-order valence-electron chi connectivity index (χ0n) is 13.8. The molecule has 0 aromatic heterocycles. The maximum Gasteiger partial charge on any atom is 0.124 e. The molecule has 3 rings (SSSR count). The third-order valence-corrected chi connectivity index (χ3v) is 5.17. The largest absolute Gasteiger partial charge is 0.497 e. The molecule has 1 aliphatic rings. The van der Waals surface area contributed by atoms with Crippen molar-refractivity contribution in [3.8, 4) is 5.75 Å². The van der Waals surface area contributed by atoms with Crippen LogP contribution in [0.15, 0.2) is 46.9 Å². The predicted molar refractivity (Wildman–Crippen MR) is 99.2 cm³/mol. The Labute approximate surface area is 151 Å². The lowest BCUT2D eigenvalue weighted by molar-refractivity contribution is 0.285. The minimum atomic E-state index is -0.202. The smallest absolute Gasteiger partial charge is 0.124 e. The van der Waals surface area contributed by atoms with Crippen molar-refractivity contribution in [2.75, 3.05) is 38.2 Å². The van der Waals surface area contributed by atoms with Gasteiger partial charge in [0.2, 0.25) is 0 Å². The molecule has 5 heteroatoms. The van der Waals surface area contributed by atoms with Gasteiger partial charge < -0.3 is 9.64 Å². The molecule has 0 atom stereocenters. The lowest BCUT2D eigenvalue weighted by Gasteiger charge is -2.24. The van der Waals surface area contributed by atoms with Crippen molar-refractivity contribution in [2.24, 2.45) is 0 Å². The summed E-state index contributed by atoms with van der Waals surface area (Å²) in [5.74, 6) is 0.684. The standard InChI is InChI=1S/C19H22BrFN2O/c1-24-18-7-5-17(6-8-18)23-10-2-9-22(11-12-23)14-15-3-4-16(21)13-19(15)20/h3-8,13H,2,9-12,14H2,1H3. The van der Waals surface area contributed by atoms with Gasteiger partial charge in [0, 0.05) is 42.9 Å². The van der Waals surface area contributed by atoms with Crippen LogP contribution in [0.3, 0.4) is 0 Å². The number of halogens is 2. The van der Waals surface area contributed by atoms with E-state index in [1.54, 1.807) is 7.11 Å². The van der Waals surface area contributed by atoms with Crippen LogP contribution in [0.4, 0.5) is 10.1 Å². The predicted octanol–water partition coefficient (Wildman–Crippen LogP) is 4.31. The van der Waals surface area contributed by atoms with Crippen LogP contribution in [-0.2, 0) is 6.54 Å². The molecule has 1 heterocycles. The van der Waals surface area contributed by atoms with Gasteiger partial charge in [-0.05, 0) is 48.4 Å². The van der Waals surface area contributed by atoms with E-state index in [4.69, 9.17) is 4.74 Å². The van der Waals surface area contributed by atoms with Gasteiger partial charge in [-0.2, -0.15) is 0 Å². The average molecular weight is 393 g/mol. The van der Waals surface area contributed by atoms with Gasteiger partial charge in [-0.15, -0.1) is 0 Å². The molecule has 1 aliphatic heterocycles. The number of rotatable bonds is 4. The summed E-state index contributed by atoms with van der Waals surface area (Å²) in [5, 5.41) is 0. The van der Waals surface area contributed by atoms with E-state index >= 15 is 0 Å². The van der Waals surface area contributed by atoms with Gasteiger partial charge in [-0.3, -0.25) is 4.90 Å². The summed E-state index contributed by atoms with van der Waals surface area (Å²) >= 11 is 3.47. The number of methoxy groups -OCH3 is 1. The quantitative estimate of drug-likeness (QED) is 0.770. The molecule has 0 aliphatic carbocycles. The van der Waals surface area contributed by atoms with Gasteiger partial charge >= 0.3 is 0 Å². The minimum absolute atomic E-state index is 0.202. The van der Waals surface area contributed by atoms with Gasteiger partial charge in [0.25, 0.3) is 0 Å². The van der Waals surface area contributed by atoms with E-state index in [-0.39, 0.29) is 5.82 Å². The van der Waals surface area contributed by atoms with E-state index in [9.17, 15) is 4.39 Å². The molecule has 1 fully saturated rings. The van der Waals surface area contributed by atoms with Crippen molar-refractivity contribution in [1.29, 1.82) is 0 Å². The van der Waals surface area contributed by atoms with E-state index in [1.807, 2.05) is 18.2 Å². The molecule has 2 aromatic rings. The van der Waals surface area contributed by atoms with Crippen molar-refractivity contribution in [1.82, 2.24) is 4.90 Å². The van der Waals surface area contributed by atoms with Gasteiger partial charge in [0.05, 0.1) is 7.11 Å². The molecule has 24 heavy (non-hydrogen) atoms. The summed E-state index contributed by atoms with van der Waals surface area (Å²) in [7, 11) is 1.69. The van der Waals surface area contributed by atoms with E-state index in [1.165, 1.54) is 17.8 Å². The summed E-state index contributed by atoms with van der Waals surface area (Å²) in [6.07, 6.45) is 1.12. The van der Waals surface area contributed by atoms with Gasteiger partial charge in [0.1, 0.15) is 11.6 Å². The first-order valence-corrected chi connectivity index (χ1v) is 9.00. The second-order valence-corrected chi connectivity index (χ2v) is 6.90. The molecule has 2 aromatic carbocycles. The Kier molecular flexibility index (Phi) is 5.74. The molecule has 0 saturated carbocycles. The molecule has 0 bridgehead atoms. The Balaban J connectivity index is 1.62. The first kappa shape index (κ1) is 17.2. The van der Waals surface area contributed by atoms with Crippen molar-refractivity contribution < 1.29 is 9.13 Å². The topological polar surface area (TPSA) is 15.7 Å². The third-order valence-electron chi connectivity index (χ3n) is 4.44. The van der Waals surface area contributed by atoms with E-state index in [0.717, 1.165) is 54.9 Å². The minimum Gasteiger partial charge on any atom is -0.497 e. The Bertz CT molecular complexity index is 678. The first-order chi connectivity index (χ1) is 11.7. The second-order valence-electron chi connectivity index (χ2n) is 6.05. The molecule has 0 radical (unpaired) electrons. The Morgan fingerprint density at radius 3 is 2.54 bits per heavy atom. The van der Waals surface area contributed by atoms with Crippen LogP contribution >= 0.6 is 15.9 Å². The summed E-state index contributed by atoms with van der Waals surface area (Å²) in [4.78, 5) is 4.85. The molecule has 0 spiro atoms. The molecular formula is C19H22BrFN2O. The second kappa shape index (κ2) is 7.99. The van der Waals surface area contributed by atoms with Gasteiger partial charge in [-0.25, -0.2) is 4.39 Å². The maximum atomic E-state index is 13.2. The van der Waals surface area contributed by atoms with Crippen molar-refractivity contribution in [2.45, 2.75) is 13.0 Å². The number of hydrogen-bond donors (Lipinski definition) is 0. The molecule has 0 N–H and O–H groups in total. The highest BCUT2D eigenvalue weighted by Crippen LogP contribution is 2.23. The van der Waals surface area contributed by atoms with E-state index in [0.29, 0.717) is 0 Å². The van der Waals surface area contributed by atoms with Gasteiger partial charge in [0.15, 0.2) is 0 Å². The summed E-state index contributed by atoms with van der Waals surface area (Å²) < 4.78 is 19.3. The summed E-state index contributed by atoms with van der Waals surface area (Å²) in [6, 6.07) is 13.2. The van der Waals surface area contributed by atoms with Crippen LogP contribution in [0, 0.1) is 5.82 Å². The SMILES string of the molecule is COc1ccc(N2CCCN(Cc3ccc(F)cc3Br)CC2)cc1. The molecule has 3 nitrogen and oxygen atoms in total. The Morgan fingerprint density at radius 2 is 1.83 bits per heavy atom. The lowest BCUT2D eigenvalue weighted by atomic mass is 10.2. The van der Waals surface area contributed by atoms with Crippen LogP contribution in [-0.4, -0.2) is 38.2 Å². The zero-order valence-corrected chi connectivity index (χ0v) is 15.4. The van der Waals surface area contributed by atoms with E-state index in [2.05, 4.69) is 37.9 Å². The van der Waals surface area contributed by atoms with Crippen LogP contribution in [0.1, 0.15) is 12.0 Å². The monoisotopic (exact) mass is 392 g/mol. The highest BCUT2D eigenvalue weighted by Gasteiger charge is 2.16. The molecule has 0 amide bonds. The first-order valence-electron chi connectivity index (χ1n) is 8.21. The number of ether oxygens (including phenoxy) is 1. The van der Waals surface area contributed by atoms with Crippen LogP contribution in [0.5, 0.6) is 5.75 Å². The van der Waals surface area contributed by atoms with Crippen molar-refractivity contribution >= 4 is 21.6 Å². The van der Waals surface area contributed by atoms with Crippen LogP contribution in [0.25, 0.3) is 0 Å². The lowest BCUT2D eigenvalue weighted by Crippen LogP contribution is -2.30. The van der Waals surface area contributed by atoms with Crippen molar-refractivity contribution in [3.05, 3.63) is 58.3 Å². The highest BCUT2D eigenvalue weighted by atomic mass is 79.9. The number of benzene rings is 2. The Morgan fingerprint density at radius 1 is 1.04 bits per heavy atom. The fraction of sp³-hybridized carbons (Fsp3) is 0.368. The normalized spacial score (nSPS) is 16.0. The van der Waals surface area contributed by atoms with Crippen LogP contribution in [0.2, 0.25) is 0 Å². The molecule has 1 saturated heterocycles. The number of hydrogen-bond acceptors (Lipinski definition) is 3. The Hall–Kier alpha value is -1.59. The molecule has 128 valence electrons. The number of anilines is 1. The highest BCUT2D eigenvalue weighted by molar-refractivity contribution is 9.10. The molecular weight excluding hydrogens is 371 g/mol. The number of nitrogens with zero attached hydrogens (tertiary/aromatic N) is 2. The third kappa shape index (κ3) is 4.28. The fourth-order valence-electron chi connectivity index (χ4n) is 3.07. The summed E-state index contributed by atoms with van der Waals surface area (Å²) in [5.41, 5.74) is 2.37. The summed E-state index contributed by atoms with van der Waals surface area (Å²) in [6.45, 7) is 4.93. The average Bonchev–Trinajstić information content (AvgIpc) is 2.83. The van der Waals surface area contributed by atoms with E-state index < -0.39 is 0 Å². The van der Waals surface area contributed by atoms with Crippen molar-refractivity contribution in [3.63, 3.8) is 0 Å². The molecule has 0 unspecified atom stereocenters. The zero-order chi connectivity index (χ0) is 16.9. The maximum absolute atomic E-state index is 13.2.